The van der Waals surface area contributed by atoms with Crippen LogP contribution in [-0.2, 0) is 6.42 Å². The van der Waals surface area contributed by atoms with Crippen molar-refractivity contribution in [2.45, 2.75) is 20.3 Å². The van der Waals surface area contributed by atoms with Gasteiger partial charge in [0.2, 0.25) is 5.95 Å². The second-order valence-corrected chi connectivity index (χ2v) is 4.51. The molecule has 0 saturated carbocycles. The van der Waals surface area contributed by atoms with Crippen LogP contribution in [0.15, 0.2) is 30.3 Å². The highest BCUT2D eigenvalue weighted by molar-refractivity contribution is 6.29. The van der Waals surface area contributed by atoms with E-state index >= 15 is 0 Å². The molecule has 5 heteroatoms. The van der Waals surface area contributed by atoms with Crippen LogP contribution in [0.1, 0.15) is 28.5 Å². The molecule has 4 nitrogen and oxygen atoms in total. The van der Waals surface area contributed by atoms with E-state index in [1.165, 1.54) is 0 Å². The SMILES string of the molecule is CCc1ccccc1C(=O)Nc1nc(C)cc(Cl)n1. The van der Waals surface area contributed by atoms with Crippen molar-refractivity contribution in [3.63, 3.8) is 0 Å². The number of aromatic nitrogens is 2. The Morgan fingerprint density at radius 2 is 2.05 bits per heavy atom. The lowest BCUT2D eigenvalue weighted by Crippen LogP contribution is -2.16. The minimum absolute atomic E-state index is 0.223. The van der Waals surface area contributed by atoms with E-state index in [1.807, 2.05) is 25.1 Å². The molecule has 0 aliphatic rings. The summed E-state index contributed by atoms with van der Waals surface area (Å²) in [6.45, 7) is 3.80. The third-order valence-electron chi connectivity index (χ3n) is 2.69. The number of hydrogen-bond donors (Lipinski definition) is 1. The zero-order valence-corrected chi connectivity index (χ0v) is 11.5. The van der Waals surface area contributed by atoms with Gasteiger partial charge in [-0.1, -0.05) is 36.7 Å². The van der Waals surface area contributed by atoms with E-state index < -0.39 is 0 Å². The third kappa shape index (κ3) is 3.29. The van der Waals surface area contributed by atoms with E-state index in [0.29, 0.717) is 16.4 Å². The highest BCUT2D eigenvalue weighted by atomic mass is 35.5. The molecule has 1 amide bonds. The first-order valence-electron chi connectivity index (χ1n) is 6.00. The Morgan fingerprint density at radius 3 is 2.74 bits per heavy atom. The van der Waals surface area contributed by atoms with E-state index in [9.17, 15) is 4.79 Å². The van der Waals surface area contributed by atoms with E-state index in [-0.39, 0.29) is 11.9 Å². The number of benzene rings is 1. The molecule has 0 saturated heterocycles. The Bertz CT molecular complexity index is 593. The molecule has 1 N–H and O–H groups in total. The molecule has 1 heterocycles. The minimum atomic E-state index is -0.223. The molecular weight excluding hydrogens is 262 g/mol. The molecule has 0 radical (unpaired) electrons. The number of carbonyl (C=O) groups excluding carboxylic acids is 1. The van der Waals surface area contributed by atoms with Crippen LogP contribution in [0, 0.1) is 6.92 Å². The summed E-state index contributed by atoms with van der Waals surface area (Å²) < 4.78 is 0. The van der Waals surface area contributed by atoms with Crippen LogP contribution in [0.3, 0.4) is 0 Å². The Labute approximate surface area is 116 Å². The van der Waals surface area contributed by atoms with Crippen LogP contribution in [0.5, 0.6) is 0 Å². The van der Waals surface area contributed by atoms with Crippen molar-refractivity contribution >= 4 is 23.5 Å². The van der Waals surface area contributed by atoms with Gasteiger partial charge in [0.05, 0.1) is 0 Å². The van der Waals surface area contributed by atoms with Crippen molar-refractivity contribution in [1.82, 2.24) is 9.97 Å². The summed E-state index contributed by atoms with van der Waals surface area (Å²) in [7, 11) is 0. The van der Waals surface area contributed by atoms with E-state index in [1.54, 1.807) is 19.1 Å². The summed E-state index contributed by atoms with van der Waals surface area (Å²) in [4.78, 5) is 20.3. The summed E-state index contributed by atoms with van der Waals surface area (Å²) in [5.74, 6) is 0.0000211. The summed E-state index contributed by atoms with van der Waals surface area (Å²) >= 11 is 5.84. The Hall–Kier alpha value is -1.94. The molecule has 0 fully saturated rings. The van der Waals surface area contributed by atoms with Gasteiger partial charge in [0.1, 0.15) is 5.15 Å². The van der Waals surface area contributed by atoms with Crippen molar-refractivity contribution in [3.05, 3.63) is 52.3 Å². The maximum Gasteiger partial charge on any atom is 0.258 e. The predicted octanol–water partition coefficient (Wildman–Crippen LogP) is 3.25. The number of anilines is 1. The summed E-state index contributed by atoms with van der Waals surface area (Å²) in [5, 5.41) is 2.98. The first kappa shape index (κ1) is 13.5. The Kier molecular flexibility index (Phi) is 4.12. The number of aryl methyl sites for hydroxylation is 2. The first-order chi connectivity index (χ1) is 9.10. The van der Waals surface area contributed by atoms with E-state index in [0.717, 1.165) is 12.0 Å². The molecule has 0 spiro atoms. The molecule has 1 aromatic carbocycles. The fraction of sp³-hybridized carbons (Fsp3) is 0.214. The van der Waals surface area contributed by atoms with Gasteiger partial charge in [-0.2, -0.15) is 0 Å². The van der Waals surface area contributed by atoms with Gasteiger partial charge in [-0.25, -0.2) is 9.97 Å². The monoisotopic (exact) mass is 275 g/mol. The number of nitrogens with one attached hydrogen (secondary N) is 1. The predicted molar refractivity (Wildman–Crippen MR) is 75.6 cm³/mol. The number of rotatable bonds is 3. The van der Waals surface area contributed by atoms with Gasteiger partial charge in [0.15, 0.2) is 0 Å². The van der Waals surface area contributed by atoms with Crippen molar-refractivity contribution < 1.29 is 4.79 Å². The highest BCUT2D eigenvalue weighted by Crippen LogP contribution is 2.13. The lowest BCUT2D eigenvalue weighted by Gasteiger charge is -2.08. The molecule has 2 aromatic rings. The Morgan fingerprint density at radius 1 is 1.32 bits per heavy atom. The Balaban J connectivity index is 2.25. The van der Waals surface area contributed by atoms with Gasteiger partial charge in [0, 0.05) is 11.3 Å². The van der Waals surface area contributed by atoms with Gasteiger partial charge < -0.3 is 0 Å². The normalized spacial score (nSPS) is 10.3. The summed E-state index contributed by atoms with van der Waals surface area (Å²) in [5.41, 5.74) is 2.32. The van der Waals surface area contributed by atoms with Crippen LogP contribution in [0.25, 0.3) is 0 Å². The maximum absolute atomic E-state index is 12.2. The largest absolute Gasteiger partial charge is 0.290 e. The lowest BCUT2D eigenvalue weighted by molar-refractivity contribution is 0.102. The van der Waals surface area contributed by atoms with Gasteiger partial charge in [-0.05, 0) is 31.0 Å². The maximum atomic E-state index is 12.2. The van der Waals surface area contributed by atoms with Crippen molar-refractivity contribution in [2.75, 3.05) is 5.32 Å². The van der Waals surface area contributed by atoms with Gasteiger partial charge in [0.25, 0.3) is 5.91 Å². The van der Waals surface area contributed by atoms with Crippen molar-refractivity contribution in [2.24, 2.45) is 0 Å². The van der Waals surface area contributed by atoms with E-state index in [4.69, 9.17) is 11.6 Å². The number of halogens is 1. The zero-order valence-electron chi connectivity index (χ0n) is 10.8. The second-order valence-electron chi connectivity index (χ2n) is 4.12. The number of carbonyl (C=O) groups is 1. The molecule has 0 aliphatic carbocycles. The number of hydrogen-bond acceptors (Lipinski definition) is 3. The molecule has 0 aliphatic heterocycles. The number of amides is 1. The van der Waals surface area contributed by atoms with Gasteiger partial charge in [-0.3, -0.25) is 10.1 Å². The van der Waals surface area contributed by atoms with Crippen LogP contribution in [0.4, 0.5) is 5.95 Å². The average molecular weight is 276 g/mol. The highest BCUT2D eigenvalue weighted by Gasteiger charge is 2.11. The second kappa shape index (κ2) is 5.80. The van der Waals surface area contributed by atoms with Crippen LogP contribution in [-0.4, -0.2) is 15.9 Å². The van der Waals surface area contributed by atoms with Gasteiger partial charge in [-0.15, -0.1) is 0 Å². The lowest BCUT2D eigenvalue weighted by atomic mass is 10.1. The molecule has 1 aromatic heterocycles. The zero-order chi connectivity index (χ0) is 13.8. The first-order valence-corrected chi connectivity index (χ1v) is 6.38. The van der Waals surface area contributed by atoms with Crippen LogP contribution >= 0.6 is 11.6 Å². The molecular formula is C14H14ClN3O. The molecule has 0 unspecified atom stereocenters. The van der Waals surface area contributed by atoms with Crippen LogP contribution < -0.4 is 5.32 Å². The fourth-order valence-corrected chi connectivity index (χ4v) is 2.04. The van der Waals surface area contributed by atoms with Crippen molar-refractivity contribution in [3.8, 4) is 0 Å². The molecule has 19 heavy (non-hydrogen) atoms. The minimum Gasteiger partial charge on any atom is -0.290 e. The fourth-order valence-electron chi connectivity index (χ4n) is 1.81. The van der Waals surface area contributed by atoms with Crippen LogP contribution in [0.2, 0.25) is 5.15 Å². The molecule has 0 atom stereocenters. The van der Waals surface area contributed by atoms with Crippen molar-refractivity contribution in [1.29, 1.82) is 0 Å². The summed E-state index contributed by atoms with van der Waals surface area (Å²) in [6.07, 6.45) is 0.791. The van der Waals surface area contributed by atoms with Gasteiger partial charge >= 0.3 is 0 Å². The molecule has 2 rings (SSSR count). The van der Waals surface area contributed by atoms with E-state index in [2.05, 4.69) is 15.3 Å². The topological polar surface area (TPSA) is 54.9 Å². The number of nitrogens with zero attached hydrogens (tertiary/aromatic N) is 2. The molecule has 0 bridgehead atoms. The quantitative estimate of drug-likeness (QED) is 0.875. The molecule has 98 valence electrons. The smallest absolute Gasteiger partial charge is 0.258 e. The average Bonchev–Trinajstić information content (AvgIpc) is 2.37. The summed E-state index contributed by atoms with van der Waals surface area (Å²) in [6, 6.07) is 9.09. The standard InChI is InChI=1S/C14H14ClN3O/c1-3-10-6-4-5-7-11(10)13(19)18-14-16-9(2)8-12(15)17-14/h4-8H,3H2,1-2H3,(H,16,17,18,19). The third-order valence-corrected chi connectivity index (χ3v) is 2.88.